The van der Waals surface area contributed by atoms with E-state index in [1.54, 1.807) is 0 Å². The molecule has 1 heterocycles. The highest BCUT2D eigenvalue weighted by molar-refractivity contribution is 5.22. The molecule has 0 aliphatic carbocycles. The van der Waals surface area contributed by atoms with Gasteiger partial charge >= 0.3 is 0 Å². The van der Waals surface area contributed by atoms with Crippen LogP contribution in [0.25, 0.3) is 0 Å². The van der Waals surface area contributed by atoms with Crippen molar-refractivity contribution in [1.82, 2.24) is 0 Å². The normalized spacial score (nSPS) is 23.0. The van der Waals surface area contributed by atoms with Gasteiger partial charge in [0.05, 0.1) is 6.61 Å². The molecule has 2 heteroatoms. The molecule has 0 bridgehead atoms. The van der Waals surface area contributed by atoms with E-state index >= 15 is 0 Å². The first-order valence-corrected chi connectivity index (χ1v) is 5.09. The number of hydrogen-bond donors (Lipinski definition) is 0. The van der Waals surface area contributed by atoms with Crippen LogP contribution in [0.2, 0.25) is 0 Å². The van der Waals surface area contributed by atoms with Crippen LogP contribution in [0.4, 0.5) is 0 Å². The maximum absolute atomic E-state index is 5.51. The van der Waals surface area contributed by atoms with Gasteiger partial charge in [-0.3, -0.25) is 0 Å². The maximum atomic E-state index is 5.51. The Morgan fingerprint density at radius 1 is 1.33 bits per heavy atom. The van der Waals surface area contributed by atoms with Gasteiger partial charge < -0.3 is 9.47 Å². The Bertz CT molecular complexity index is 361. The average Bonchev–Trinajstić information content (AvgIpc) is 3.05. The van der Waals surface area contributed by atoms with Crippen molar-refractivity contribution < 1.29 is 9.47 Å². The molecule has 2 unspecified atom stereocenters. The van der Waals surface area contributed by atoms with Gasteiger partial charge in [0, 0.05) is 0 Å². The third kappa shape index (κ3) is 2.82. The largest absolute Gasteiger partial charge is 0.366 e. The molecule has 0 N–H and O–H groups in total. The van der Waals surface area contributed by atoms with E-state index in [-0.39, 0.29) is 12.2 Å². The lowest BCUT2D eigenvalue weighted by molar-refractivity contribution is 0.145. The number of hydrogen-bond acceptors (Lipinski definition) is 2. The molecule has 0 amide bonds. The van der Waals surface area contributed by atoms with Crippen molar-refractivity contribution in [3.05, 3.63) is 35.9 Å². The molecule has 1 aliphatic rings. The van der Waals surface area contributed by atoms with E-state index in [2.05, 4.69) is 24.0 Å². The molecule has 78 valence electrons. The summed E-state index contributed by atoms with van der Waals surface area (Å²) in [7, 11) is 0. The standard InChI is InChI=1S/C13H14O2/c1-2-3-9-14-10-12-13(15-12)11-7-5-4-6-8-11/h4-8,12-13H,9-10H2,1H3. The van der Waals surface area contributed by atoms with Crippen LogP contribution in [0.3, 0.4) is 0 Å². The van der Waals surface area contributed by atoms with Gasteiger partial charge in [0.15, 0.2) is 0 Å². The van der Waals surface area contributed by atoms with E-state index in [1.165, 1.54) is 5.56 Å². The molecule has 0 spiro atoms. The molecular weight excluding hydrogens is 188 g/mol. The fraction of sp³-hybridized carbons (Fsp3) is 0.385. The minimum Gasteiger partial charge on any atom is -0.366 e. The van der Waals surface area contributed by atoms with E-state index in [0.29, 0.717) is 13.2 Å². The quantitative estimate of drug-likeness (QED) is 0.424. The van der Waals surface area contributed by atoms with E-state index in [4.69, 9.17) is 9.47 Å². The van der Waals surface area contributed by atoms with Crippen LogP contribution in [0.1, 0.15) is 18.6 Å². The summed E-state index contributed by atoms with van der Waals surface area (Å²) in [6.07, 6.45) is 0.437. The Kier molecular flexibility index (Phi) is 3.39. The SMILES string of the molecule is CC#CCOCC1OC1c1ccccc1. The van der Waals surface area contributed by atoms with Crippen molar-refractivity contribution in [3.63, 3.8) is 0 Å². The second-order valence-corrected chi connectivity index (χ2v) is 3.45. The van der Waals surface area contributed by atoms with Gasteiger partial charge in [-0.2, -0.15) is 0 Å². The van der Waals surface area contributed by atoms with Crippen LogP contribution in [0.15, 0.2) is 30.3 Å². The van der Waals surface area contributed by atoms with Gasteiger partial charge in [0.25, 0.3) is 0 Å². The molecule has 2 rings (SSSR count). The van der Waals surface area contributed by atoms with Crippen molar-refractivity contribution >= 4 is 0 Å². The molecule has 1 aromatic carbocycles. The average molecular weight is 202 g/mol. The summed E-state index contributed by atoms with van der Waals surface area (Å²) in [6, 6.07) is 10.2. The summed E-state index contributed by atoms with van der Waals surface area (Å²) < 4.78 is 10.9. The van der Waals surface area contributed by atoms with Crippen LogP contribution >= 0.6 is 0 Å². The molecule has 0 aromatic heterocycles. The highest BCUT2D eigenvalue weighted by Crippen LogP contribution is 2.38. The Morgan fingerprint density at radius 3 is 2.87 bits per heavy atom. The van der Waals surface area contributed by atoms with Crippen LogP contribution in [0, 0.1) is 11.8 Å². The van der Waals surface area contributed by atoms with E-state index < -0.39 is 0 Å². The smallest absolute Gasteiger partial charge is 0.112 e. The monoisotopic (exact) mass is 202 g/mol. The van der Waals surface area contributed by atoms with Gasteiger partial charge in [-0.05, 0) is 12.5 Å². The zero-order valence-corrected chi connectivity index (χ0v) is 8.77. The lowest BCUT2D eigenvalue weighted by Gasteiger charge is -1.96. The predicted molar refractivity (Wildman–Crippen MR) is 58.3 cm³/mol. The zero-order valence-electron chi connectivity index (χ0n) is 8.77. The van der Waals surface area contributed by atoms with E-state index in [1.807, 2.05) is 25.1 Å². The van der Waals surface area contributed by atoms with Crippen molar-refractivity contribution in [2.24, 2.45) is 0 Å². The Balaban J connectivity index is 1.74. The molecule has 0 saturated carbocycles. The fourth-order valence-corrected chi connectivity index (χ4v) is 1.50. The lowest BCUT2D eigenvalue weighted by Crippen LogP contribution is -2.02. The summed E-state index contributed by atoms with van der Waals surface area (Å²) in [5.41, 5.74) is 1.23. The first kappa shape index (κ1) is 10.2. The number of rotatable bonds is 4. The highest BCUT2D eigenvalue weighted by atomic mass is 16.6. The topological polar surface area (TPSA) is 21.8 Å². The van der Waals surface area contributed by atoms with Gasteiger partial charge in [0.1, 0.15) is 18.8 Å². The van der Waals surface area contributed by atoms with Gasteiger partial charge in [-0.15, -0.1) is 5.92 Å². The first-order valence-electron chi connectivity index (χ1n) is 5.09. The summed E-state index contributed by atoms with van der Waals surface area (Å²) in [6.45, 7) is 2.94. The van der Waals surface area contributed by atoms with Gasteiger partial charge in [-0.1, -0.05) is 36.3 Å². The van der Waals surface area contributed by atoms with Crippen molar-refractivity contribution in [2.45, 2.75) is 19.1 Å². The Hall–Kier alpha value is -1.30. The minimum absolute atomic E-state index is 0.214. The highest BCUT2D eigenvalue weighted by Gasteiger charge is 2.39. The molecule has 1 saturated heterocycles. The van der Waals surface area contributed by atoms with Gasteiger partial charge in [0.2, 0.25) is 0 Å². The first-order chi connectivity index (χ1) is 7.42. The Morgan fingerprint density at radius 2 is 2.13 bits per heavy atom. The van der Waals surface area contributed by atoms with Crippen LogP contribution in [-0.4, -0.2) is 19.3 Å². The van der Waals surface area contributed by atoms with Gasteiger partial charge in [-0.25, -0.2) is 0 Å². The number of ether oxygens (including phenoxy) is 2. The van der Waals surface area contributed by atoms with E-state index in [9.17, 15) is 0 Å². The number of benzene rings is 1. The molecular formula is C13H14O2. The fourth-order valence-electron chi connectivity index (χ4n) is 1.50. The minimum atomic E-state index is 0.214. The third-order valence-corrected chi connectivity index (χ3v) is 2.34. The summed E-state index contributed by atoms with van der Waals surface area (Å²) in [4.78, 5) is 0. The van der Waals surface area contributed by atoms with E-state index in [0.717, 1.165) is 0 Å². The third-order valence-electron chi connectivity index (χ3n) is 2.34. The molecule has 0 radical (unpaired) electrons. The van der Waals surface area contributed by atoms with Crippen molar-refractivity contribution in [3.8, 4) is 11.8 Å². The van der Waals surface area contributed by atoms with Crippen molar-refractivity contribution in [1.29, 1.82) is 0 Å². The van der Waals surface area contributed by atoms with Crippen molar-refractivity contribution in [2.75, 3.05) is 13.2 Å². The predicted octanol–water partition coefficient (Wildman–Crippen LogP) is 2.17. The molecule has 1 aliphatic heterocycles. The summed E-state index contributed by atoms with van der Waals surface area (Å²) >= 11 is 0. The molecule has 2 atom stereocenters. The second kappa shape index (κ2) is 4.97. The number of epoxide rings is 1. The molecule has 1 fully saturated rings. The molecule has 1 aromatic rings. The second-order valence-electron chi connectivity index (χ2n) is 3.45. The molecule has 15 heavy (non-hydrogen) atoms. The van der Waals surface area contributed by atoms with Crippen LogP contribution in [0.5, 0.6) is 0 Å². The zero-order chi connectivity index (χ0) is 10.5. The van der Waals surface area contributed by atoms with Crippen LogP contribution < -0.4 is 0 Å². The summed E-state index contributed by atoms with van der Waals surface area (Å²) in [5.74, 6) is 5.65. The Labute approximate surface area is 90.2 Å². The lowest BCUT2D eigenvalue weighted by atomic mass is 10.1. The summed E-state index contributed by atoms with van der Waals surface area (Å²) in [5, 5.41) is 0. The maximum Gasteiger partial charge on any atom is 0.112 e. The molecule has 2 nitrogen and oxygen atoms in total. The van der Waals surface area contributed by atoms with Crippen LogP contribution in [-0.2, 0) is 9.47 Å².